The number of halogens is 3. The van der Waals surface area contributed by atoms with Crippen LogP contribution in [-0.2, 0) is 17.9 Å². The van der Waals surface area contributed by atoms with Crippen LogP contribution >= 0.6 is 0 Å². The minimum absolute atomic E-state index is 0.0212. The van der Waals surface area contributed by atoms with Crippen molar-refractivity contribution in [1.29, 1.82) is 0 Å². The molecule has 0 spiro atoms. The standard InChI is InChI=1S/C31H29N5O2.C2HF3O2/c1-36(2)29-27-5-3-4-6-28(27)34-31(35-29)32-19-21-9-17-26(18-10-21)33-30(38)25-15-13-24(14-16-25)23-11-7-22(20-37)8-12-23;3-2(4,5)1(6)7/h3-18,37H,19-20H2,1-2H3,(H,33,38)(H,32,34,35);(H,6,7). The third-order valence-corrected chi connectivity index (χ3v) is 6.53. The van der Waals surface area contributed by atoms with Gasteiger partial charge in [0.15, 0.2) is 0 Å². The summed E-state index contributed by atoms with van der Waals surface area (Å²) in [4.78, 5) is 33.0. The number of rotatable bonds is 8. The van der Waals surface area contributed by atoms with Crippen LogP contribution in [0.3, 0.4) is 0 Å². The molecule has 1 heterocycles. The van der Waals surface area contributed by atoms with Crippen LogP contribution in [0.5, 0.6) is 0 Å². The zero-order valence-electron chi connectivity index (χ0n) is 24.3. The van der Waals surface area contributed by atoms with Crippen LogP contribution in [0, 0.1) is 0 Å². The number of carboxylic acids is 1. The Morgan fingerprint density at radius 3 is 1.91 bits per heavy atom. The lowest BCUT2D eigenvalue weighted by molar-refractivity contribution is -0.192. The van der Waals surface area contributed by atoms with Gasteiger partial charge in [0.2, 0.25) is 5.95 Å². The second kappa shape index (κ2) is 14.3. The summed E-state index contributed by atoms with van der Waals surface area (Å²) >= 11 is 0. The predicted molar refractivity (Wildman–Crippen MR) is 167 cm³/mol. The molecule has 9 nitrogen and oxygen atoms in total. The first-order valence-electron chi connectivity index (χ1n) is 13.6. The van der Waals surface area contributed by atoms with Crippen molar-refractivity contribution >= 4 is 40.2 Å². The highest BCUT2D eigenvalue weighted by Gasteiger charge is 2.38. The van der Waals surface area contributed by atoms with Crippen LogP contribution in [0.4, 0.5) is 30.6 Å². The zero-order chi connectivity index (χ0) is 32.6. The number of carbonyl (C=O) groups excluding carboxylic acids is 1. The molecule has 0 aliphatic heterocycles. The predicted octanol–water partition coefficient (Wildman–Crippen LogP) is 6.35. The Morgan fingerprint density at radius 2 is 1.36 bits per heavy atom. The number of fused-ring (bicyclic) bond motifs is 1. The Bertz CT molecular complexity index is 1760. The molecule has 45 heavy (non-hydrogen) atoms. The van der Waals surface area contributed by atoms with Gasteiger partial charge in [-0.25, -0.2) is 9.78 Å². The quantitative estimate of drug-likeness (QED) is 0.159. The van der Waals surface area contributed by atoms with E-state index in [0.717, 1.165) is 44.7 Å². The Hall–Kier alpha value is -5.49. The van der Waals surface area contributed by atoms with Crippen LogP contribution < -0.4 is 15.5 Å². The minimum atomic E-state index is -5.08. The number of alkyl halides is 3. The molecule has 1 aromatic heterocycles. The average molecular weight is 618 g/mol. The molecule has 0 saturated carbocycles. The monoisotopic (exact) mass is 617 g/mol. The fourth-order valence-electron chi connectivity index (χ4n) is 4.19. The van der Waals surface area contributed by atoms with Crippen molar-refractivity contribution in [1.82, 2.24) is 9.97 Å². The number of nitrogens with one attached hydrogen (secondary N) is 2. The van der Waals surface area contributed by atoms with Crippen molar-refractivity contribution in [3.63, 3.8) is 0 Å². The van der Waals surface area contributed by atoms with Crippen LogP contribution in [-0.4, -0.2) is 52.3 Å². The molecule has 4 aromatic carbocycles. The van der Waals surface area contributed by atoms with Crippen molar-refractivity contribution in [3.05, 3.63) is 114 Å². The van der Waals surface area contributed by atoms with Gasteiger partial charge < -0.3 is 25.7 Å². The Morgan fingerprint density at radius 1 is 0.800 bits per heavy atom. The second-order valence-electron chi connectivity index (χ2n) is 10.0. The number of aromatic nitrogens is 2. The van der Waals surface area contributed by atoms with E-state index in [4.69, 9.17) is 9.90 Å². The number of benzene rings is 4. The van der Waals surface area contributed by atoms with Crippen LogP contribution in [0.15, 0.2) is 97.1 Å². The van der Waals surface area contributed by atoms with E-state index < -0.39 is 12.1 Å². The summed E-state index contributed by atoms with van der Waals surface area (Å²) < 4.78 is 31.7. The third kappa shape index (κ3) is 8.77. The molecule has 0 aliphatic carbocycles. The number of aliphatic carboxylic acids is 1. The highest BCUT2D eigenvalue weighted by atomic mass is 19.4. The SMILES string of the molecule is CN(C)c1nc(NCc2ccc(NC(=O)c3ccc(-c4ccc(CO)cc4)cc3)cc2)nc2ccccc12.O=C(O)C(F)(F)F. The summed E-state index contributed by atoms with van der Waals surface area (Å²) in [7, 11) is 3.94. The molecule has 0 radical (unpaired) electrons. The maximum Gasteiger partial charge on any atom is 0.490 e. The van der Waals surface area contributed by atoms with E-state index in [2.05, 4.69) is 20.6 Å². The van der Waals surface area contributed by atoms with Crippen molar-refractivity contribution < 1.29 is 33.0 Å². The summed E-state index contributed by atoms with van der Waals surface area (Å²) in [6, 6.07) is 30.9. The molecule has 232 valence electrons. The zero-order valence-corrected chi connectivity index (χ0v) is 24.3. The van der Waals surface area contributed by atoms with E-state index in [1.54, 1.807) is 0 Å². The summed E-state index contributed by atoms with van der Waals surface area (Å²) in [6.07, 6.45) is -5.08. The topological polar surface area (TPSA) is 128 Å². The van der Waals surface area contributed by atoms with Gasteiger partial charge in [-0.15, -0.1) is 0 Å². The van der Waals surface area contributed by atoms with Crippen molar-refractivity contribution in [2.75, 3.05) is 29.6 Å². The number of para-hydroxylation sites is 1. The van der Waals surface area contributed by atoms with E-state index in [0.29, 0.717) is 18.1 Å². The first-order chi connectivity index (χ1) is 21.4. The van der Waals surface area contributed by atoms with Gasteiger partial charge in [0.25, 0.3) is 5.91 Å². The Labute approximate surface area is 257 Å². The Balaban J connectivity index is 0.000000591. The molecule has 4 N–H and O–H groups in total. The van der Waals surface area contributed by atoms with Gasteiger partial charge in [-0.3, -0.25) is 4.79 Å². The molecule has 0 bridgehead atoms. The number of aliphatic hydroxyl groups is 1. The third-order valence-electron chi connectivity index (χ3n) is 6.53. The molecule has 12 heteroatoms. The molecule has 1 amide bonds. The summed E-state index contributed by atoms with van der Waals surface area (Å²) in [5, 5.41) is 23.6. The number of nitrogens with zero attached hydrogens (tertiary/aromatic N) is 3. The molecular formula is C33H30F3N5O4. The lowest BCUT2D eigenvalue weighted by atomic mass is 10.0. The van der Waals surface area contributed by atoms with Crippen molar-refractivity contribution in [2.24, 2.45) is 0 Å². The second-order valence-corrected chi connectivity index (χ2v) is 10.0. The summed E-state index contributed by atoms with van der Waals surface area (Å²) in [5.41, 5.74) is 6.14. The highest BCUT2D eigenvalue weighted by Crippen LogP contribution is 2.24. The Kier molecular flexibility index (Phi) is 10.3. The molecule has 5 aromatic rings. The number of hydrogen-bond acceptors (Lipinski definition) is 7. The molecule has 0 saturated heterocycles. The first kappa shape index (κ1) is 32.4. The lowest BCUT2D eigenvalue weighted by Gasteiger charge is -2.16. The molecule has 0 unspecified atom stereocenters. The fraction of sp³-hybridized carbons (Fsp3) is 0.152. The van der Waals surface area contributed by atoms with Crippen LogP contribution in [0.2, 0.25) is 0 Å². The molecule has 0 fully saturated rings. The molecule has 0 atom stereocenters. The average Bonchev–Trinajstić information content (AvgIpc) is 3.04. The van der Waals surface area contributed by atoms with Crippen molar-refractivity contribution in [3.8, 4) is 11.1 Å². The van der Waals surface area contributed by atoms with Gasteiger partial charge in [-0.2, -0.15) is 18.2 Å². The van der Waals surface area contributed by atoms with Gasteiger partial charge in [-0.05, 0) is 58.7 Å². The maximum atomic E-state index is 12.8. The number of amides is 1. The number of anilines is 3. The summed E-state index contributed by atoms with van der Waals surface area (Å²) in [6.45, 7) is 0.577. The van der Waals surface area contributed by atoms with Crippen LogP contribution in [0.1, 0.15) is 21.5 Å². The molecular weight excluding hydrogens is 587 g/mol. The minimum Gasteiger partial charge on any atom is -0.475 e. The van der Waals surface area contributed by atoms with Gasteiger partial charge in [0.05, 0.1) is 12.1 Å². The van der Waals surface area contributed by atoms with Gasteiger partial charge in [0, 0.05) is 37.3 Å². The van der Waals surface area contributed by atoms with Gasteiger partial charge in [0.1, 0.15) is 5.82 Å². The number of hydrogen-bond donors (Lipinski definition) is 4. The maximum absolute atomic E-state index is 12.8. The fourth-order valence-corrected chi connectivity index (χ4v) is 4.19. The smallest absolute Gasteiger partial charge is 0.475 e. The summed E-state index contributed by atoms with van der Waals surface area (Å²) in [5.74, 6) is -1.49. The number of aliphatic hydroxyl groups excluding tert-OH is 1. The molecule has 5 rings (SSSR count). The normalized spacial score (nSPS) is 10.9. The van der Waals surface area contributed by atoms with E-state index >= 15 is 0 Å². The largest absolute Gasteiger partial charge is 0.490 e. The molecule has 0 aliphatic rings. The van der Waals surface area contributed by atoms with E-state index in [1.807, 2.05) is 116 Å². The van der Waals surface area contributed by atoms with E-state index in [-0.39, 0.29) is 12.5 Å². The van der Waals surface area contributed by atoms with E-state index in [9.17, 15) is 23.1 Å². The van der Waals surface area contributed by atoms with Crippen LogP contribution in [0.25, 0.3) is 22.0 Å². The van der Waals surface area contributed by atoms with Crippen molar-refractivity contribution in [2.45, 2.75) is 19.3 Å². The number of carbonyl (C=O) groups is 2. The van der Waals surface area contributed by atoms with Gasteiger partial charge in [-0.1, -0.05) is 60.7 Å². The number of carboxylic acid groups (broad SMARTS) is 1. The highest BCUT2D eigenvalue weighted by molar-refractivity contribution is 6.04. The first-order valence-corrected chi connectivity index (χ1v) is 13.6. The van der Waals surface area contributed by atoms with Gasteiger partial charge >= 0.3 is 12.1 Å². The lowest BCUT2D eigenvalue weighted by Crippen LogP contribution is -2.21. The van der Waals surface area contributed by atoms with E-state index in [1.165, 1.54) is 0 Å².